The zero-order valence-corrected chi connectivity index (χ0v) is 12.2. The van der Waals surface area contributed by atoms with Crippen LogP contribution in [0.3, 0.4) is 0 Å². The van der Waals surface area contributed by atoms with Gasteiger partial charge >= 0.3 is 12.0 Å². The number of nitrogens with zero attached hydrogens (tertiary/aromatic N) is 1. The summed E-state index contributed by atoms with van der Waals surface area (Å²) in [6.07, 6.45) is 0.249. The highest BCUT2D eigenvalue weighted by atomic mass is 16.5. The summed E-state index contributed by atoms with van der Waals surface area (Å²) >= 11 is 0. The molecule has 116 valence electrons. The quantitative estimate of drug-likeness (QED) is 0.674. The number of carboxylic acid groups (broad SMARTS) is 1. The molecule has 4 unspecified atom stereocenters. The number of carbonyl (C=O) groups excluding carboxylic acids is 1. The van der Waals surface area contributed by atoms with E-state index in [2.05, 4.69) is 5.32 Å². The lowest BCUT2D eigenvalue weighted by molar-refractivity contribution is -0.140. The number of morpholine rings is 1. The van der Waals surface area contributed by atoms with Crippen molar-refractivity contribution in [2.45, 2.75) is 45.4 Å². The highest BCUT2D eigenvalue weighted by Gasteiger charge is 2.33. The molecule has 0 aromatic heterocycles. The lowest BCUT2D eigenvalue weighted by atomic mass is 9.99. The number of aliphatic hydroxyl groups excluding tert-OH is 1. The molecule has 7 heteroatoms. The molecule has 0 saturated carbocycles. The number of aliphatic carboxylic acids is 1. The number of amides is 2. The van der Waals surface area contributed by atoms with Gasteiger partial charge in [-0.25, -0.2) is 9.59 Å². The summed E-state index contributed by atoms with van der Waals surface area (Å²) in [6, 6.07) is -1.48. The van der Waals surface area contributed by atoms with Crippen LogP contribution in [-0.4, -0.2) is 65.1 Å². The fourth-order valence-electron chi connectivity index (χ4n) is 2.11. The van der Waals surface area contributed by atoms with Gasteiger partial charge in [-0.3, -0.25) is 0 Å². The Morgan fingerprint density at radius 1 is 1.50 bits per heavy atom. The van der Waals surface area contributed by atoms with Crippen LogP contribution in [0.15, 0.2) is 0 Å². The van der Waals surface area contributed by atoms with Gasteiger partial charge in [-0.05, 0) is 12.8 Å². The Hall–Kier alpha value is -1.34. The van der Waals surface area contributed by atoms with E-state index in [1.807, 2.05) is 13.8 Å². The summed E-state index contributed by atoms with van der Waals surface area (Å²) in [5.41, 5.74) is 0. The van der Waals surface area contributed by atoms with Gasteiger partial charge < -0.3 is 25.2 Å². The van der Waals surface area contributed by atoms with Crippen LogP contribution in [0.5, 0.6) is 0 Å². The van der Waals surface area contributed by atoms with Crippen molar-refractivity contribution in [1.29, 1.82) is 0 Å². The van der Waals surface area contributed by atoms with Crippen LogP contribution in [-0.2, 0) is 9.53 Å². The van der Waals surface area contributed by atoms with Crippen LogP contribution in [0.1, 0.15) is 27.2 Å². The molecule has 0 aromatic rings. The predicted octanol–water partition coefficient (Wildman–Crippen LogP) is 0.277. The lowest BCUT2D eigenvalue weighted by Crippen LogP contribution is -2.58. The SMILES string of the molecule is CCC(C)C(NC(=O)N1CC(CO)OCC1C)C(=O)O. The van der Waals surface area contributed by atoms with E-state index in [9.17, 15) is 14.7 Å². The smallest absolute Gasteiger partial charge is 0.326 e. The molecule has 1 aliphatic rings. The van der Waals surface area contributed by atoms with Gasteiger partial charge in [0.2, 0.25) is 0 Å². The van der Waals surface area contributed by atoms with Crippen molar-refractivity contribution in [3.8, 4) is 0 Å². The van der Waals surface area contributed by atoms with Gasteiger partial charge in [0.15, 0.2) is 0 Å². The summed E-state index contributed by atoms with van der Waals surface area (Å²) in [5, 5.41) is 20.8. The van der Waals surface area contributed by atoms with Crippen LogP contribution in [0.25, 0.3) is 0 Å². The summed E-state index contributed by atoms with van der Waals surface area (Å²) in [7, 11) is 0. The third kappa shape index (κ3) is 4.08. The standard InChI is InChI=1S/C13H24N2O5/c1-4-8(2)11(12(17)18)14-13(19)15-5-10(6-16)20-7-9(15)3/h8-11,16H,4-7H2,1-3H3,(H,14,19)(H,17,18). The molecule has 0 aromatic carbocycles. The molecule has 0 bridgehead atoms. The maximum Gasteiger partial charge on any atom is 0.326 e. The first-order valence-electron chi connectivity index (χ1n) is 6.93. The van der Waals surface area contributed by atoms with Gasteiger partial charge in [-0.1, -0.05) is 20.3 Å². The Kier molecular flexibility index (Phi) is 6.22. The average Bonchev–Trinajstić information content (AvgIpc) is 2.43. The number of rotatable bonds is 5. The molecule has 0 radical (unpaired) electrons. The number of carboxylic acids is 1. The van der Waals surface area contributed by atoms with E-state index in [-0.39, 0.29) is 25.1 Å². The summed E-state index contributed by atoms with van der Waals surface area (Å²) < 4.78 is 5.35. The van der Waals surface area contributed by atoms with E-state index in [0.29, 0.717) is 13.0 Å². The van der Waals surface area contributed by atoms with Crippen molar-refractivity contribution < 1.29 is 24.5 Å². The van der Waals surface area contributed by atoms with E-state index >= 15 is 0 Å². The lowest BCUT2D eigenvalue weighted by Gasteiger charge is -2.38. The maximum atomic E-state index is 12.2. The molecule has 7 nitrogen and oxygen atoms in total. The Labute approximate surface area is 118 Å². The minimum atomic E-state index is -1.03. The van der Waals surface area contributed by atoms with Crippen molar-refractivity contribution in [1.82, 2.24) is 10.2 Å². The Morgan fingerprint density at radius 3 is 2.65 bits per heavy atom. The number of hydrogen-bond acceptors (Lipinski definition) is 4. The van der Waals surface area contributed by atoms with E-state index < -0.39 is 24.1 Å². The van der Waals surface area contributed by atoms with E-state index in [0.717, 1.165) is 0 Å². The first-order valence-corrected chi connectivity index (χ1v) is 6.93. The van der Waals surface area contributed by atoms with Crippen LogP contribution in [0, 0.1) is 5.92 Å². The number of aliphatic hydroxyl groups is 1. The highest BCUT2D eigenvalue weighted by molar-refractivity contribution is 5.83. The minimum Gasteiger partial charge on any atom is -0.480 e. The van der Waals surface area contributed by atoms with Crippen molar-refractivity contribution in [3.05, 3.63) is 0 Å². The molecule has 1 aliphatic heterocycles. The molecule has 1 heterocycles. The third-order valence-electron chi connectivity index (χ3n) is 3.73. The number of nitrogens with one attached hydrogen (secondary N) is 1. The van der Waals surface area contributed by atoms with Gasteiger partial charge in [0.1, 0.15) is 6.04 Å². The molecule has 4 atom stereocenters. The molecule has 20 heavy (non-hydrogen) atoms. The molecule has 1 rings (SSSR count). The van der Waals surface area contributed by atoms with E-state index in [1.165, 1.54) is 4.90 Å². The van der Waals surface area contributed by atoms with Crippen LogP contribution in [0.4, 0.5) is 4.79 Å². The van der Waals surface area contributed by atoms with Gasteiger partial charge in [-0.2, -0.15) is 0 Å². The average molecular weight is 288 g/mol. The summed E-state index contributed by atoms with van der Waals surface area (Å²) in [4.78, 5) is 25.0. The zero-order valence-electron chi connectivity index (χ0n) is 12.2. The second kappa shape index (κ2) is 7.44. The number of ether oxygens (including phenoxy) is 1. The zero-order chi connectivity index (χ0) is 15.3. The topological polar surface area (TPSA) is 99.1 Å². The second-order valence-corrected chi connectivity index (χ2v) is 5.29. The van der Waals surface area contributed by atoms with Crippen LogP contribution in [0.2, 0.25) is 0 Å². The Balaban J connectivity index is 2.69. The fraction of sp³-hybridized carbons (Fsp3) is 0.846. The molecule has 0 spiro atoms. The summed E-state index contributed by atoms with van der Waals surface area (Å²) in [6.45, 7) is 5.93. The van der Waals surface area contributed by atoms with Crippen molar-refractivity contribution in [2.24, 2.45) is 5.92 Å². The molecule has 3 N–H and O–H groups in total. The first kappa shape index (κ1) is 16.7. The number of urea groups is 1. The highest BCUT2D eigenvalue weighted by Crippen LogP contribution is 2.14. The summed E-state index contributed by atoms with van der Waals surface area (Å²) in [5.74, 6) is -1.19. The van der Waals surface area contributed by atoms with E-state index in [4.69, 9.17) is 9.84 Å². The number of hydrogen-bond donors (Lipinski definition) is 3. The first-order chi connectivity index (χ1) is 9.40. The van der Waals surface area contributed by atoms with Gasteiger partial charge in [-0.15, -0.1) is 0 Å². The van der Waals surface area contributed by atoms with Crippen molar-refractivity contribution >= 4 is 12.0 Å². The molecule has 1 fully saturated rings. The van der Waals surface area contributed by atoms with Gasteiger partial charge in [0.05, 0.1) is 31.9 Å². The normalized spacial score (nSPS) is 25.9. The molecule has 2 amide bonds. The van der Waals surface area contributed by atoms with Crippen LogP contribution >= 0.6 is 0 Å². The molecule has 1 saturated heterocycles. The fourth-order valence-corrected chi connectivity index (χ4v) is 2.11. The van der Waals surface area contributed by atoms with Gasteiger partial charge in [0.25, 0.3) is 0 Å². The number of carbonyl (C=O) groups is 2. The van der Waals surface area contributed by atoms with E-state index in [1.54, 1.807) is 6.92 Å². The second-order valence-electron chi connectivity index (χ2n) is 5.29. The van der Waals surface area contributed by atoms with Crippen LogP contribution < -0.4 is 5.32 Å². The third-order valence-corrected chi connectivity index (χ3v) is 3.73. The maximum absolute atomic E-state index is 12.2. The molecule has 0 aliphatic carbocycles. The molecular weight excluding hydrogens is 264 g/mol. The predicted molar refractivity (Wildman–Crippen MR) is 72.4 cm³/mol. The van der Waals surface area contributed by atoms with Crippen molar-refractivity contribution in [3.63, 3.8) is 0 Å². The van der Waals surface area contributed by atoms with Gasteiger partial charge in [0, 0.05) is 0 Å². The Morgan fingerprint density at radius 2 is 2.15 bits per heavy atom. The minimum absolute atomic E-state index is 0.149. The Bertz CT molecular complexity index is 350. The molecular formula is C13H24N2O5. The van der Waals surface area contributed by atoms with Crippen molar-refractivity contribution in [2.75, 3.05) is 19.8 Å². The largest absolute Gasteiger partial charge is 0.480 e. The monoisotopic (exact) mass is 288 g/mol.